The molecule has 6 nitrogen and oxygen atoms in total. The number of halogens is 3. The summed E-state index contributed by atoms with van der Waals surface area (Å²) in [6, 6.07) is 17.0. The first-order valence-corrected chi connectivity index (χ1v) is 13.2. The molecule has 0 saturated heterocycles. The fraction of sp³-hybridized carbons (Fsp3) is 0.281. The van der Waals surface area contributed by atoms with E-state index in [9.17, 15) is 27.6 Å². The van der Waals surface area contributed by atoms with Crippen LogP contribution >= 0.6 is 0 Å². The number of allylic oxidation sites excluding steroid dienone is 1. The Hall–Kier alpha value is -4.40. The fourth-order valence-corrected chi connectivity index (χ4v) is 4.83. The normalized spacial score (nSPS) is 15.6. The number of hydrogen-bond donors (Lipinski definition) is 1. The molecule has 0 fully saturated rings. The molecule has 1 unspecified atom stereocenters. The van der Waals surface area contributed by atoms with Crippen LogP contribution in [0.15, 0.2) is 78.0 Å². The highest BCUT2D eigenvalue weighted by atomic mass is 19.4. The number of nitrogens with one attached hydrogen (secondary N) is 1. The van der Waals surface area contributed by atoms with Crippen LogP contribution in [-0.2, 0) is 27.0 Å². The number of anilines is 1. The van der Waals surface area contributed by atoms with E-state index in [4.69, 9.17) is 4.74 Å². The van der Waals surface area contributed by atoms with Crippen LogP contribution in [0.25, 0.3) is 0 Å². The summed E-state index contributed by atoms with van der Waals surface area (Å²) in [4.78, 5) is 40.5. The highest BCUT2D eigenvalue weighted by molar-refractivity contribution is 6.04. The van der Waals surface area contributed by atoms with Crippen LogP contribution in [0.3, 0.4) is 0 Å². The van der Waals surface area contributed by atoms with Crippen molar-refractivity contribution < 1.29 is 32.3 Å². The summed E-state index contributed by atoms with van der Waals surface area (Å²) in [6.07, 6.45) is -4.60. The first kappa shape index (κ1) is 29.6. The Labute approximate surface area is 236 Å². The lowest BCUT2D eigenvalue weighted by molar-refractivity contribution is -0.140. The van der Waals surface area contributed by atoms with E-state index in [2.05, 4.69) is 5.32 Å². The molecule has 2 amide bonds. The van der Waals surface area contributed by atoms with Gasteiger partial charge >= 0.3 is 12.1 Å². The Balaban J connectivity index is 1.56. The lowest BCUT2D eigenvalue weighted by Crippen LogP contribution is -2.38. The molecule has 0 bridgehead atoms. The van der Waals surface area contributed by atoms with Crippen molar-refractivity contribution >= 4 is 23.5 Å². The molecule has 1 heterocycles. The number of amides is 2. The second kappa shape index (κ2) is 12.0. The maximum atomic E-state index is 13.3. The number of aryl methyl sites for hydroxylation is 2. The van der Waals surface area contributed by atoms with Gasteiger partial charge < -0.3 is 15.0 Å². The van der Waals surface area contributed by atoms with Crippen LogP contribution in [0.2, 0.25) is 0 Å². The van der Waals surface area contributed by atoms with Gasteiger partial charge in [0.15, 0.2) is 0 Å². The van der Waals surface area contributed by atoms with Gasteiger partial charge in [-0.3, -0.25) is 9.59 Å². The standard InChI is InChI=1S/C32H31F3N2O4/c1-5-41-31(40)29-21(4)37(28(38)17-27(29)23-11-13-25(14-12-23)32(33,34)35)18-22-7-9-24(10-8-22)30(39)36-26-15-6-19(2)20(3)16-26/h6-16,27H,5,17-18H2,1-4H3,(H,36,39). The van der Waals surface area contributed by atoms with Crippen LogP contribution in [0.5, 0.6) is 0 Å². The number of ether oxygens (including phenoxy) is 1. The number of rotatable bonds is 7. The monoisotopic (exact) mass is 564 g/mol. The van der Waals surface area contributed by atoms with E-state index in [0.29, 0.717) is 22.5 Å². The number of esters is 1. The molecule has 1 N–H and O–H groups in total. The number of carbonyl (C=O) groups excluding carboxylic acids is 3. The van der Waals surface area contributed by atoms with Crippen molar-refractivity contribution in [2.75, 3.05) is 11.9 Å². The predicted molar refractivity (Wildman–Crippen MR) is 149 cm³/mol. The van der Waals surface area contributed by atoms with E-state index >= 15 is 0 Å². The number of carbonyl (C=O) groups is 3. The van der Waals surface area contributed by atoms with Crippen LogP contribution in [0.1, 0.15) is 64.4 Å². The van der Waals surface area contributed by atoms with Crippen molar-refractivity contribution in [3.05, 3.63) is 111 Å². The molecule has 0 spiro atoms. The minimum Gasteiger partial charge on any atom is -0.463 e. The summed E-state index contributed by atoms with van der Waals surface area (Å²) in [6.45, 7) is 7.50. The lowest BCUT2D eigenvalue weighted by Gasteiger charge is -2.34. The van der Waals surface area contributed by atoms with Gasteiger partial charge in [0.1, 0.15) is 0 Å². The quantitative estimate of drug-likeness (QED) is 0.316. The summed E-state index contributed by atoms with van der Waals surface area (Å²) < 4.78 is 44.5. The van der Waals surface area contributed by atoms with Crippen molar-refractivity contribution in [3.63, 3.8) is 0 Å². The molecular formula is C32H31F3N2O4. The number of alkyl halides is 3. The predicted octanol–water partition coefficient (Wildman–Crippen LogP) is 6.93. The van der Waals surface area contributed by atoms with Gasteiger partial charge in [-0.25, -0.2) is 4.79 Å². The van der Waals surface area contributed by atoms with Crippen LogP contribution in [-0.4, -0.2) is 29.3 Å². The zero-order valence-electron chi connectivity index (χ0n) is 23.3. The molecule has 4 rings (SSSR count). The maximum Gasteiger partial charge on any atom is 0.416 e. The smallest absolute Gasteiger partial charge is 0.416 e. The molecule has 3 aromatic rings. The fourth-order valence-electron chi connectivity index (χ4n) is 4.83. The summed E-state index contributed by atoms with van der Waals surface area (Å²) in [5.74, 6) is -1.91. The average molecular weight is 565 g/mol. The minimum atomic E-state index is -4.50. The largest absolute Gasteiger partial charge is 0.463 e. The summed E-state index contributed by atoms with van der Waals surface area (Å²) in [7, 11) is 0. The second-order valence-corrected chi connectivity index (χ2v) is 10.0. The van der Waals surface area contributed by atoms with E-state index in [1.807, 2.05) is 32.0 Å². The van der Waals surface area contributed by atoms with Crippen LogP contribution < -0.4 is 5.32 Å². The third-order valence-corrected chi connectivity index (χ3v) is 7.28. The maximum absolute atomic E-state index is 13.3. The van der Waals surface area contributed by atoms with Gasteiger partial charge in [-0.15, -0.1) is 0 Å². The van der Waals surface area contributed by atoms with Gasteiger partial charge in [0.05, 0.1) is 24.3 Å². The Morgan fingerprint density at radius 3 is 2.20 bits per heavy atom. The summed E-state index contributed by atoms with van der Waals surface area (Å²) in [5, 5.41) is 2.88. The molecule has 0 radical (unpaired) electrons. The molecule has 0 aliphatic carbocycles. The van der Waals surface area contributed by atoms with Gasteiger partial charge in [-0.2, -0.15) is 13.2 Å². The van der Waals surface area contributed by atoms with E-state index in [1.54, 1.807) is 38.1 Å². The van der Waals surface area contributed by atoms with E-state index in [0.717, 1.165) is 28.8 Å². The molecule has 1 aliphatic rings. The van der Waals surface area contributed by atoms with E-state index in [1.165, 1.54) is 17.0 Å². The molecule has 1 atom stereocenters. The zero-order chi connectivity index (χ0) is 29.9. The Bertz CT molecular complexity index is 1490. The summed E-state index contributed by atoms with van der Waals surface area (Å²) in [5.41, 5.74) is 4.28. The topological polar surface area (TPSA) is 75.7 Å². The van der Waals surface area contributed by atoms with Crippen molar-refractivity contribution in [2.45, 2.75) is 52.8 Å². The molecule has 214 valence electrons. The first-order valence-electron chi connectivity index (χ1n) is 13.2. The van der Waals surface area contributed by atoms with E-state index < -0.39 is 23.6 Å². The van der Waals surface area contributed by atoms with Crippen molar-refractivity contribution in [3.8, 4) is 0 Å². The highest BCUT2D eigenvalue weighted by Gasteiger charge is 2.37. The Morgan fingerprint density at radius 2 is 1.61 bits per heavy atom. The minimum absolute atomic E-state index is 0.104. The van der Waals surface area contributed by atoms with Gasteiger partial charge in [-0.1, -0.05) is 30.3 Å². The van der Waals surface area contributed by atoms with Crippen molar-refractivity contribution in [1.29, 1.82) is 0 Å². The summed E-state index contributed by atoms with van der Waals surface area (Å²) >= 11 is 0. The Morgan fingerprint density at radius 1 is 0.951 bits per heavy atom. The van der Waals surface area contributed by atoms with Crippen LogP contribution in [0.4, 0.5) is 18.9 Å². The first-order chi connectivity index (χ1) is 19.4. The zero-order valence-corrected chi connectivity index (χ0v) is 23.3. The third kappa shape index (κ3) is 6.67. The number of benzene rings is 3. The molecule has 3 aromatic carbocycles. The molecule has 0 saturated carbocycles. The second-order valence-electron chi connectivity index (χ2n) is 10.0. The van der Waals surface area contributed by atoms with Crippen molar-refractivity contribution in [1.82, 2.24) is 4.90 Å². The van der Waals surface area contributed by atoms with Crippen LogP contribution in [0, 0.1) is 13.8 Å². The number of hydrogen-bond acceptors (Lipinski definition) is 4. The van der Waals surface area contributed by atoms with Gasteiger partial charge in [-0.05, 0) is 86.3 Å². The SMILES string of the molecule is CCOC(=O)C1=C(C)N(Cc2ccc(C(=O)Nc3ccc(C)c(C)c3)cc2)C(=O)CC1c1ccc(C(F)(F)F)cc1. The molecule has 0 aromatic heterocycles. The van der Waals surface area contributed by atoms with E-state index in [-0.39, 0.29) is 37.0 Å². The Kier molecular flexibility index (Phi) is 8.66. The third-order valence-electron chi connectivity index (χ3n) is 7.28. The van der Waals surface area contributed by atoms with Gasteiger partial charge in [0.25, 0.3) is 5.91 Å². The van der Waals surface area contributed by atoms with Crippen molar-refractivity contribution in [2.24, 2.45) is 0 Å². The molecule has 1 aliphatic heterocycles. The van der Waals surface area contributed by atoms with Gasteiger partial charge in [0.2, 0.25) is 5.91 Å². The lowest BCUT2D eigenvalue weighted by atomic mass is 9.83. The molecule has 9 heteroatoms. The molecule has 41 heavy (non-hydrogen) atoms. The highest BCUT2D eigenvalue weighted by Crippen LogP contribution is 2.39. The molecular weight excluding hydrogens is 533 g/mol. The number of nitrogens with zero attached hydrogens (tertiary/aromatic N) is 1. The van der Waals surface area contributed by atoms with Gasteiger partial charge in [0, 0.05) is 29.3 Å². The average Bonchev–Trinajstić information content (AvgIpc) is 2.92.